The first kappa shape index (κ1) is 17.0. The zero-order valence-electron chi connectivity index (χ0n) is 13.9. The third-order valence-corrected chi connectivity index (χ3v) is 3.92. The summed E-state index contributed by atoms with van der Waals surface area (Å²) in [7, 11) is 5.95. The molecule has 0 aliphatic heterocycles. The first-order valence-electron chi connectivity index (χ1n) is 7.52. The van der Waals surface area contributed by atoms with Crippen LogP contribution in [0.5, 0.6) is 5.75 Å². The van der Waals surface area contributed by atoms with Gasteiger partial charge in [-0.05, 0) is 33.0 Å². The van der Waals surface area contributed by atoms with Crippen LogP contribution in [0.4, 0.5) is 0 Å². The summed E-state index contributed by atoms with van der Waals surface area (Å²) in [6.45, 7) is 8.79. The normalized spacial score (nSPS) is 14.3. The molecular formula is C17H30N2O. The van der Waals surface area contributed by atoms with Gasteiger partial charge in [-0.25, -0.2) is 0 Å². The van der Waals surface area contributed by atoms with Gasteiger partial charge < -0.3 is 15.0 Å². The SMILES string of the molecule is CCC(C)CN(C)CC(NC)c1cc(C)ccc1OC. The molecule has 0 aromatic heterocycles. The first-order chi connectivity index (χ1) is 9.51. The lowest BCUT2D eigenvalue weighted by atomic mass is 10.0. The molecule has 3 heteroatoms. The zero-order valence-corrected chi connectivity index (χ0v) is 13.9. The third-order valence-electron chi connectivity index (χ3n) is 3.92. The van der Waals surface area contributed by atoms with Crippen molar-refractivity contribution in [2.24, 2.45) is 5.92 Å². The predicted octanol–water partition coefficient (Wildman–Crippen LogP) is 3.24. The summed E-state index contributed by atoms with van der Waals surface area (Å²) in [5, 5.41) is 3.42. The fraction of sp³-hybridized carbons (Fsp3) is 0.647. The van der Waals surface area contributed by atoms with E-state index in [9.17, 15) is 0 Å². The molecule has 0 saturated carbocycles. The van der Waals surface area contributed by atoms with Crippen LogP contribution in [0.25, 0.3) is 0 Å². The molecule has 0 spiro atoms. The molecular weight excluding hydrogens is 248 g/mol. The number of ether oxygens (including phenoxy) is 1. The number of methoxy groups -OCH3 is 1. The van der Waals surface area contributed by atoms with Crippen molar-refractivity contribution in [2.75, 3.05) is 34.3 Å². The summed E-state index contributed by atoms with van der Waals surface area (Å²) in [4.78, 5) is 2.40. The van der Waals surface area contributed by atoms with Crippen molar-refractivity contribution in [1.82, 2.24) is 10.2 Å². The second-order valence-electron chi connectivity index (χ2n) is 5.82. The number of nitrogens with one attached hydrogen (secondary N) is 1. The molecule has 1 aromatic carbocycles. The van der Waals surface area contributed by atoms with Gasteiger partial charge in [-0.15, -0.1) is 0 Å². The summed E-state index contributed by atoms with van der Waals surface area (Å²) in [6.07, 6.45) is 1.22. The van der Waals surface area contributed by atoms with Crippen LogP contribution >= 0.6 is 0 Å². The molecule has 0 saturated heterocycles. The highest BCUT2D eigenvalue weighted by Gasteiger charge is 2.17. The number of hydrogen-bond donors (Lipinski definition) is 1. The van der Waals surface area contributed by atoms with E-state index in [1.165, 1.54) is 17.5 Å². The topological polar surface area (TPSA) is 24.5 Å². The molecule has 2 atom stereocenters. The third kappa shape index (κ3) is 4.80. The Balaban J connectivity index is 2.82. The van der Waals surface area contributed by atoms with Crippen LogP contribution in [-0.2, 0) is 0 Å². The maximum atomic E-state index is 5.51. The molecule has 1 aromatic rings. The van der Waals surface area contributed by atoms with E-state index in [2.05, 4.69) is 56.2 Å². The predicted molar refractivity (Wildman–Crippen MR) is 86.5 cm³/mol. The highest BCUT2D eigenvalue weighted by molar-refractivity contribution is 5.39. The summed E-state index contributed by atoms with van der Waals surface area (Å²) in [5.74, 6) is 1.70. The minimum atomic E-state index is 0.291. The monoisotopic (exact) mass is 278 g/mol. The largest absolute Gasteiger partial charge is 0.496 e. The van der Waals surface area contributed by atoms with Gasteiger partial charge in [-0.3, -0.25) is 0 Å². The first-order valence-corrected chi connectivity index (χ1v) is 7.52. The van der Waals surface area contributed by atoms with Crippen LogP contribution in [0.1, 0.15) is 37.4 Å². The Bertz CT molecular complexity index is 406. The van der Waals surface area contributed by atoms with Gasteiger partial charge in [0.05, 0.1) is 7.11 Å². The van der Waals surface area contributed by atoms with E-state index < -0.39 is 0 Å². The molecule has 0 heterocycles. The Labute approximate surface area is 124 Å². The van der Waals surface area contributed by atoms with Crippen molar-refractivity contribution in [3.8, 4) is 5.75 Å². The van der Waals surface area contributed by atoms with Crippen molar-refractivity contribution in [3.63, 3.8) is 0 Å². The Morgan fingerprint density at radius 2 is 2.00 bits per heavy atom. The van der Waals surface area contributed by atoms with Crippen LogP contribution in [0.3, 0.4) is 0 Å². The average molecular weight is 278 g/mol. The number of aryl methyl sites for hydroxylation is 1. The van der Waals surface area contributed by atoms with Crippen molar-refractivity contribution < 1.29 is 4.74 Å². The van der Waals surface area contributed by atoms with Crippen molar-refractivity contribution in [2.45, 2.75) is 33.2 Å². The minimum Gasteiger partial charge on any atom is -0.496 e. The molecule has 0 amide bonds. The van der Waals surface area contributed by atoms with Crippen LogP contribution in [0, 0.1) is 12.8 Å². The van der Waals surface area contributed by atoms with E-state index in [0.717, 1.165) is 24.8 Å². The molecule has 114 valence electrons. The van der Waals surface area contributed by atoms with Crippen molar-refractivity contribution in [1.29, 1.82) is 0 Å². The van der Waals surface area contributed by atoms with E-state index >= 15 is 0 Å². The minimum absolute atomic E-state index is 0.291. The summed E-state index contributed by atoms with van der Waals surface area (Å²) in [6, 6.07) is 6.66. The molecule has 1 N–H and O–H groups in total. The van der Waals surface area contributed by atoms with Gasteiger partial charge in [0.1, 0.15) is 5.75 Å². The molecule has 0 bridgehead atoms. The summed E-state index contributed by atoms with van der Waals surface area (Å²) in [5.41, 5.74) is 2.51. The maximum absolute atomic E-state index is 5.51. The molecule has 0 aliphatic rings. The van der Waals surface area contributed by atoms with E-state index in [1.807, 2.05) is 7.05 Å². The number of likely N-dealkylation sites (N-methyl/N-ethyl adjacent to an activating group) is 2. The van der Waals surface area contributed by atoms with Gasteiger partial charge in [-0.1, -0.05) is 38.0 Å². The van der Waals surface area contributed by atoms with E-state index in [4.69, 9.17) is 4.74 Å². The van der Waals surface area contributed by atoms with Crippen LogP contribution < -0.4 is 10.1 Å². The smallest absolute Gasteiger partial charge is 0.123 e. The van der Waals surface area contributed by atoms with Gasteiger partial charge in [0, 0.05) is 24.7 Å². The zero-order chi connectivity index (χ0) is 15.1. The Kier molecular flexibility index (Phi) is 7.03. The quantitative estimate of drug-likeness (QED) is 0.790. The molecule has 0 radical (unpaired) electrons. The van der Waals surface area contributed by atoms with E-state index in [0.29, 0.717) is 6.04 Å². The molecule has 1 rings (SSSR count). The fourth-order valence-electron chi connectivity index (χ4n) is 2.52. The Morgan fingerprint density at radius 3 is 2.55 bits per heavy atom. The second-order valence-corrected chi connectivity index (χ2v) is 5.82. The maximum Gasteiger partial charge on any atom is 0.123 e. The fourth-order valence-corrected chi connectivity index (χ4v) is 2.52. The summed E-state index contributed by atoms with van der Waals surface area (Å²) >= 11 is 0. The van der Waals surface area contributed by atoms with Gasteiger partial charge in [0.15, 0.2) is 0 Å². The van der Waals surface area contributed by atoms with Gasteiger partial charge in [0.25, 0.3) is 0 Å². The lowest BCUT2D eigenvalue weighted by Gasteiger charge is -2.27. The highest BCUT2D eigenvalue weighted by Crippen LogP contribution is 2.26. The standard InChI is InChI=1S/C17H30N2O/c1-7-13(2)11-19(5)12-16(18-4)15-10-14(3)8-9-17(15)20-6/h8-10,13,16,18H,7,11-12H2,1-6H3. The van der Waals surface area contributed by atoms with Gasteiger partial charge >= 0.3 is 0 Å². The number of hydrogen-bond acceptors (Lipinski definition) is 3. The van der Waals surface area contributed by atoms with Gasteiger partial charge in [0.2, 0.25) is 0 Å². The molecule has 3 nitrogen and oxygen atoms in total. The molecule has 2 unspecified atom stereocenters. The Morgan fingerprint density at radius 1 is 1.30 bits per heavy atom. The molecule has 0 fully saturated rings. The highest BCUT2D eigenvalue weighted by atomic mass is 16.5. The lowest BCUT2D eigenvalue weighted by Crippen LogP contribution is -2.34. The number of benzene rings is 1. The van der Waals surface area contributed by atoms with Crippen LogP contribution in [0.2, 0.25) is 0 Å². The van der Waals surface area contributed by atoms with E-state index in [1.54, 1.807) is 7.11 Å². The number of nitrogens with zero attached hydrogens (tertiary/aromatic N) is 1. The average Bonchev–Trinajstić information content (AvgIpc) is 2.44. The van der Waals surface area contributed by atoms with E-state index in [-0.39, 0.29) is 0 Å². The number of rotatable bonds is 8. The molecule has 0 aliphatic carbocycles. The van der Waals surface area contributed by atoms with Gasteiger partial charge in [-0.2, -0.15) is 0 Å². The lowest BCUT2D eigenvalue weighted by molar-refractivity contribution is 0.254. The van der Waals surface area contributed by atoms with Crippen LogP contribution in [-0.4, -0.2) is 39.2 Å². The Hall–Kier alpha value is -1.06. The molecule has 20 heavy (non-hydrogen) atoms. The second kappa shape index (κ2) is 8.28. The van der Waals surface area contributed by atoms with Crippen molar-refractivity contribution in [3.05, 3.63) is 29.3 Å². The summed E-state index contributed by atoms with van der Waals surface area (Å²) < 4.78 is 5.51. The van der Waals surface area contributed by atoms with Crippen LogP contribution in [0.15, 0.2) is 18.2 Å². The van der Waals surface area contributed by atoms with Crippen molar-refractivity contribution >= 4 is 0 Å².